The molecule has 1 aromatic carbocycles. The van der Waals surface area contributed by atoms with Gasteiger partial charge >= 0.3 is 5.97 Å². The third kappa shape index (κ3) is 4.09. The predicted molar refractivity (Wildman–Crippen MR) is 78.3 cm³/mol. The number of carboxylic acid groups (broad SMARTS) is 1. The molecule has 0 bridgehead atoms. The second-order valence-corrected chi connectivity index (χ2v) is 4.78. The molecule has 21 heavy (non-hydrogen) atoms. The van der Waals surface area contributed by atoms with Crippen LogP contribution in [0, 0.1) is 0 Å². The number of aromatic carboxylic acids is 1. The molecule has 4 N–H and O–H groups in total. The summed E-state index contributed by atoms with van der Waals surface area (Å²) in [5, 5.41) is 12.1. The van der Waals surface area contributed by atoms with Crippen LogP contribution in [0.1, 0.15) is 16.8 Å². The van der Waals surface area contributed by atoms with Gasteiger partial charge < -0.3 is 25.8 Å². The van der Waals surface area contributed by atoms with Gasteiger partial charge in [0, 0.05) is 31.7 Å². The first-order valence-corrected chi connectivity index (χ1v) is 6.80. The van der Waals surface area contributed by atoms with E-state index in [2.05, 4.69) is 5.32 Å². The number of benzene rings is 1. The van der Waals surface area contributed by atoms with Gasteiger partial charge in [-0.25, -0.2) is 4.79 Å². The Bertz CT molecular complexity index is 527. The van der Waals surface area contributed by atoms with Crippen molar-refractivity contribution in [2.75, 3.05) is 43.9 Å². The molecule has 1 amide bonds. The molecule has 0 aliphatic carbocycles. The summed E-state index contributed by atoms with van der Waals surface area (Å²) < 4.78 is 5.19. The van der Waals surface area contributed by atoms with Gasteiger partial charge in [0.15, 0.2) is 0 Å². The molecule has 1 fully saturated rings. The van der Waals surface area contributed by atoms with Gasteiger partial charge in [0.25, 0.3) is 0 Å². The number of nitrogens with one attached hydrogen (secondary N) is 1. The smallest absolute Gasteiger partial charge is 0.337 e. The Kier molecular flexibility index (Phi) is 4.99. The molecular weight excluding hydrogens is 274 g/mol. The number of amides is 1. The molecular formula is C14H19N3O4. The second kappa shape index (κ2) is 6.94. The molecule has 114 valence electrons. The summed E-state index contributed by atoms with van der Waals surface area (Å²) in [6.45, 7) is 2.71. The Morgan fingerprint density at radius 2 is 2.05 bits per heavy atom. The molecule has 0 saturated carbocycles. The summed E-state index contributed by atoms with van der Waals surface area (Å²) in [6.07, 6.45) is 0.299. The van der Waals surface area contributed by atoms with Crippen LogP contribution < -0.4 is 11.1 Å². The average Bonchev–Trinajstić information content (AvgIpc) is 2.48. The van der Waals surface area contributed by atoms with Crippen LogP contribution in [0.5, 0.6) is 0 Å². The molecule has 1 aliphatic rings. The SMILES string of the molecule is Nc1ccc(C(=O)O)c(NCCC(=O)N2CCOCC2)c1. The number of hydrogen-bond donors (Lipinski definition) is 3. The van der Waals surface area contributed by atoms with Gasteiger partial charge in [-0.1, -0.05) is 0 Å². The zero-order chi connectivity index (χ0) is 15.2. The first kappa shape index (κ1) is 15.1. The third-order valence-electron chi connectivity index (χ3n) is 3.29. The summed E-state index contributed by atoms with van der Waals surface area (Å²) in [5.41, 5.74) is 6.70. The van der Waals surface area contributed by atoms with E-state index in [1.807, 2.05) is 0 Å². The molecule has 0 atom stereocenters. The van der Waals surface area contributed by atoms with E-state index in [0.717, 1.165) is 0 Å². The van der Waals surface area contributed by atoms with Gasteiger partial charge in [-0.15, -0.1) is 0 Å². The number of nitrogens with zero attached hydrogens (tertiary/aromatic N) is 1. The highest BCUT2D eigenvalue weighted by Crippen LogP contribution is 2.19. The lowest BCUT2D eigenvalue weighted by Crippen LogP contribution is -2.41. The van der Waals surface area contributed by atoms with Crippen molar-refractivity contribution < 1.29 is 19.4 Å². The van der Waals surface area contributed by atoms with Gasteiger partial charge in [0.05, 0.1) is 24.5 Å². The Hall–Kier alpha value is -2.28. The van der Waals surface area contributed by atoms with Crippen LogP contribution in [-0.2, 0) is 9.53 Å². The molecule has 2 rings (SSSR count). The van der Waals surface area contributed by atoms with Crippen LogP contribution in [-0.4, -0.2) is 54.7 Å². The summed E-state index contributed by atoms with van der Waals surface area (Å²) in [5.74, 6) is -0.997. The van der Waals surface area contributed by atoms with E-state index in [0.29, 0.717) is 50.6 Å². The van der Waals surface area contributed by atoms with Crippen LogP contribution in [0.2, 0.25) is 0 Å². The van der Waals surface area contributed by atoms with Crippen LogP contribution in [0.25, 0.3) is 0 Å². The highest BCUT2D eigenvalue weighted by Gasteiger charge is 2.16. The van der Waals surface area contributed by atoms with E-state index in [-0.39, 0.29) is 11.5 Å². The van der Waals surface area contributed by atoms with Crippen molar-refractivity contribution in [2.24, 2.45) is 0 Å². The Morgan fingerprint density at radius 1 is 1.33 bits per heavy atom. The lowest BCUT2D eigenvalue weighted by Gasteiger charge is -2.27. The Balaban J connectivity index is 1.89. The normalized spacial score (nSPS) is 14.8. The lowest BCUT2D eigenvalue weighted by molar-refractivity contribution is -0.134. The molecule has 0 spiro atoms. The molecule has 1 heterocycles. The zero-order valence-electron chi connectivity index (χ0n) is 11.7. The summed E-state index contributed by atoms with van der Waals surface area (Å²) >= 11 is 0. The van der Waals surface area contributed by atoms with E-state index in [1.54, 1.807) is 11.0 Å². The Morgan fingerprint density at radius 3 is 2.71 bits per heavy atom. The number of anilines is 2. The van der Waals surface area contributed by atoms with Crippen molar-refractivity contribution in [1.29, 1.82) is 0 Å². The molecule has 1 saturated heterocycles. The number of nitrogen functional groups attached to an aromatic ring is 1. The summed E-state index contributed by atoms with van der Waals surface area (Å²) in [6, 6.07) is 4.54. The maximum Gasteiger partial charge on any atom is 0.337 e. The van der Waals surface area contributed by atoms with Gasteiger partial charge in [0.1, 0.15) is 0 Å². The minimum Gasteiger partial charge on any atom is -0.478 e. The fraction of sp³-hybridized carbons (Fsp3) is 0.429. The number of carboxylic acids is 1. The van der Waals surface area contributed by atoms with Gasteiger partial charge in [-0.2, -0.15) is 0 Å². The van der Waals surface area contributed by atoms with E-state index in [4.69, 9.17) is 15.6 Å². The quantitative estimate of drug-likeness (QED) is 0.688. The first-order chi connectivity index (χ1) is 10.1. The topological polar surface area (TPSA) is 105 Å². The molecule has 0 unspecified atom stereocenters. The number of carbonyl (C=O) groups excluding carboxylic acids is 1. The fourth-order valence-electron chi connectivity index (χ4n) is 2.17. The van der Waals surface area contributed by atoms with Crippen molar-refractivity contribution in [3.05, 3.63) is 23.8 Å². The summed E-state index contributed by atoms with van der Waals surface area (Å²) in [4.78, 5) is 24.8. The van der Waals surface area contributed by atoms with Crippen molar-refractivity contribution in [3.8, 4) is 0 Å². The number of rotatable bonds is 5. The second-order valence-electron chi connectivity index (χ2n) is 4.78. The minimum atomic E-state index is -1.03. The maximum atomic E-state index is 12.0. The van der Waals surface area contributed by atoms with Crippen molar-refractivity contribution in [3.63, 3.8) is 0 Å². The van der Waals surface area contributed by atoms with Crippen molar-refractivity contribution in [2.45, 2.75) is 6.42 Å². The molecule has 1 aromatic rings. The number of ether oxygens (including phenoxy) is 1. The largest absolute Gasteiger partial charge is 0.478 e. The fourth-order valence-corrected chi connectivity index (χ4v) is 2.17. The van der Waals surface area contributed by atoms with E-state index < -0.39 is 5.97 Å². The minimum absolute atomic E-state index is 0.0339. The standard InChI is InChI=1S/C14H19N3O4/c15-10-1-2-11(14(19)20)12(9-10)16-4-3-13(18)17-5-7-21-8-6-17/h1-2,9,16H,3-8,15H2,(H,19,20). The van der Waals surface area contributed by atoms with E-state index >= 15 is 0 Å². The van der Waals surface area contributed by atoms with Gasteiger partial charge in [-0.05, 0) is 18.2 Å². The van der Waals surface area contributed by atoms with Crippen LogP contribution in [0.4, 0.5) is 11.4 Å². The number of nitrogens with two attached hydrogens (primary N) is 1. The number of hydrogen-bond acceptors (Lipinski definition) is 5. The van der Waals surface area contributed by atoms with Gasteiger partial charge in [0.2, 0.25) is 5.91 Å². The number of carbonyl (C=O) groups is 2. The van der Waals surface area contributed by atoms with Crippen molar-refractivity contribution >= 4 is 23.3 Å². The van der Waals surface area contributed by atoms with Gasteiger partial charge in [-0.3, -0.25) is 4.79 Å². The maximum absolute atomic E-state index is 12.0. The highest BCUT2D eigenvalue weighted by molar-refractivity contribution is 5.95. The highest BCUT2D eigenvalue weighted by atomic mass is 16.5. The third-order valence-corrected chi connectivity index (χ3v) is 3.29. The van der Waals surface area contributed by atoms with Crippen LogP contribution in [0.3, 0.4) is 0 Å². The van der Waals surface area contributed by atoms with Crippen LogP contribution >= 0.6 is 0 Å². The first-order valence-electron chi connectivity index (χ1n) is 6.80. The van der Waals surface area contributed by atoms with Crippen molar-refractivity contribution in [1.82, 2.24) is 4.90 Å². The predicted octanol–water partition coefficient (Wildman–Crippen LogP) is 0.628. The Labute approximate surface area is 122 Å². The monoisotopic (exact) mass is 293 g/mol. The van der Waals surface area contributed by atoms with E-state index in [1.165, 1.54) is 12.1 Å². The molecule has 7 nitrogen and oxygen atoms in total. The average molecular weight is 293 g/mol. The molecule has 7 heteroatoms. The van der Waals surface area contributed by atoms with E-state index in [9.17, 15) is 9.59 Å². The molecule has 1 aliphatic heterocycles. The zero-order valence-corrected chi connectivity index (χ0v) is 11.7. The number of morpholine rings is 1. The molecule has 0 radical (unpaired) electrons. The molecule has 0 aromatic heterocycles. The van der Waals surface area contributed by atoms with Crippen LogP contribution in [0.15, 0.2) is 18.2 Å². The summed E-state index contributed by atoms with van der Waals surface area (Å²) in [7, 11) is 0. The lowest BCUT2D eigenvalue weighted by atomic mass is 10.1.